The number of nitrogens with zero attached hydrogens (tertiary/aromatic N) is 2. The third-order valence-corrected chi connectivity index (χ3v) is 8.93. The van der Waals surface area contributed by atoms with Crippen molar-refractivity contribution in [3.63, 3.8) is 0 Å². The van der Waals surface area contributed by atoms with Gasteiger partial charge in [0, 0.05) is 20.6 Å². The molecule has 1 aliphatic rings. The largest absolute Gasteiger partial charge is 0.493 e. The summed E-state index contributed by atoms with van der Waals surface area (Å²) >= 11 is 8.44. The third kappa shape index (κ3) is 5.45. The van der Waals surface area contributed by atoms with Crippen LogP contribution in [0, 0.1) is 6.92 Å². The summed E-state index contributed by atoms with van der Waals surface area (Å²) < 4.78 is 26.0. The number of hydrogen-bond donors (Lipinski definition) is 0. The Labute approximate surface area is 256 Å². The van der Waals surface area contributed by atoms with E-state index in [1.54, 1.807) is 39.2 Å². The molecule has 0 amide bonds. The van der Waals surface area contributed by atoms with Crippen molar-refractivity contribution < 1.29 is 23.4 Å². The lowest BCUT2D eigenvalue weighted by Crippen LogP contribution is -2.40. The number of carbonyl (C=O) groups is 1. The first-order valence-electron chi connectivity index (χ1n) is 12.6. The molecule has 11 heteroatoms. The predicted molar refractivity (Wildman–Crippen MR) is 164 cm³/mol. The number of allylic oxidation sites excluding steroid dienone is 1. The van der Waals surface area contributed by atoms with Gasteiger partial charge in [-0.2, -0.15) is 0 Å². The predicted octanol–water partition coefficient (Wildman–Crippen LogP) is 5.91. The van der Waals surface area contributed by atoms with Gasteiger partial charge in [0.15, 0.2) is 16.3 Å². The summed E-state index contributed by atoms with van der Waals surface area (Å²) in [5.41, 5.74) is 3.07. The van der Waals surface area contributed by atoms with Crippen LogP contribution in [0.3, 0.4) is 0 Å². The molecule has 0 bridgehead atoms. The summed E-state index contributed by atoms with van der Waals surface area (Å²) in [4.78, 5) is 32.3. The van der Waals surface area contributed by atoms with Gasteiger partial charge >= 0.3 is 5.97 Å². The van der Waals surface area contributed by atoms with Crippen molar-refractivity contribution in [2.75, 3.05) is 20.8 Å². The van der Waals surface area contributed by atoms with Gasteiger partial charge in [0.25, 0.3) is 5.56 Å². The molecule has 2 aromatic heterocycles. The molecule has 4 aromatic rings. The van der Waals surface area contributed by atoms with E-state index in [1.165, 1.54) is 23.0 Å². The highest BCUT2D eigenvalue weighted by Crippen LogP contribution is 2.41. The van der Waals surface area contributed by atoms with Crippen LogP contribution in [0.15, 0.2) is 76.9 Å². The maximum atomic E-state index is 14.0. The summed E-state index contributed by atoms with van der Waals surface area (Å²) in [5.74, 6) is 1.60. The molecule has 0 fully saturated rings. The molecule has 212 valence electrons. The highest BCUT2D eigenvalue weighted by atomic mass is 79.9. The van der Waals surface area contributed by atoms with Gasteiger partial charge in [-0.15, -0.1) is 0 Å². The molecule has 0 radical (unpaired) electrons. The fourth-order valence-electron chi connectivity index (χ4n) is 4.69. The van der Waals surface area contributed by atoms with Crippen molar-refractivity contribution in [3.05, 3.63) is 99.3 Å². The molecule has 0 aliphatic carbocycles. The number of rotatable bonds is 7. The minimum absolute atomic E-state index is 0.178. The van der Waals surface area contributed by atoms with Crippen LogP contribution in [0.1, 0.15) is 36.8 Å². The fourth-order valence-corrected chi connectivity index (χ4v) is 6.94. The number of aryl methyl sites for hydroxylation is 1. The SMILES string of the molecule is CCOC(=O)C1=C(C)N=c2s/c(=C\c3ccc(-c4ccc(C)cc4Br)o3)c(=O)n2[C@H]1c1cc(OC)c(OC)cc1Br. The van der Waals surface area contributed by atoms with E-state index in [1.807, 2.05) is 37.3 Å². The van der Waals surface area contributed by atoms with E-state index in [4.69, 9.17) is 18.6 Å². The number of benzene rings is 2. The monoisotopic (exact) mass is 700 g/mol. The number of furan rings is 1. The van der Waals surface area contributed by atoms with Crippen molar-refractivity contribution in [3.8, 4) is 22.8 Å². The summed E-state index contributed by atoms with van der Waals surface area (Å²) in [5, 5.41) is 0. The lowest BCUT2D eigenvalue weighted by molar-refractivity contribution is -0.139. The van der Waals surface area contributed by atoms with Crippen LogP contribution >= 0.6 is 43.2 Å². The van der Waals surface area contributed by atoms with Crippen LogP contribution in [-0.2, 0) is 9.53 Å². The van der Waals surface area contributed by atoms with Crippen molar-refractivity contribution in [1.82, 2.24) is 4.57 Å². The Morgan fingerprint density at radius 1 is 1.07 bits per heavy atom. The number of hydrogen-bond acceptors (Lipinski definition) is 8. The van der Waals surface area contributed by atoms with Crippen molar-refractivity contribution in [2.45, 2.75) is 26.8 Å². The lowest BCUT2D eigenvalue weighted by atomic mass is 9.95. The number of ether oxygens (including phenoxy) is 3. The van der Waals surface area contributed by atoms with Crippen LogP contribution < -0.4 is 24.4 Å². The van der Waals surface area contributed by atoms with Crippen molar-refractivity contribution in [1.29, 1.82) is 0 Å². The molecule has 1 atom stereocenters. The van der Waals surface area contributed by atoms with Gasteiger partial charge < -0.3 is 18.6 Å². The number of halogens is 2. The maximum absolute atomic E-state index is 14.0. The zero-order valence-corrected chi connectivity index (χ0v) is 26.9. The fraction of sp³-hybridized carbons (Fsp3) is 0.233. The number of aromatic nitrogens is 1. The van der Waals surface area contributed by atoms with Gasteiger partial charge in [-0.3, -0.25) is 9.36 Å². The van der Waals surface area contributed by atoms with Gasteiger partial charge in [-0.25, -0.2) is 9.79 Å². The molecule has 0 unspecified atom stereocenters. The second-order valence-corrected chi connectivity index (χ2v) is 11.9. The van der Waals surface area contributed by atoms with E-state index in [0.717, 1.165) is 15.6 Å². The molecule has 41 heavy (non-hydrogen) atoms. The molecule has 1 aliphatic heterocycles. The summed E-state index contributed by atoms with van der Waals surface area (Å²) in [6.45, 7) is 5.67. The van der Waals surface area contributed by atoms with E-state index in [2.05, 4.69) is 36.9 Å². The van der Waals surface area contributed by atoms with Crippen LogP contribution in [0.5, 0.6) is 11.5 Å². The zero-order valence-electron chi connectivity index (χ0n) is 22.9. The average molecular weight is 702 g/mol. The van der Waals surface area contributed by atoms with Gasteiger partial charge in [0.05, 0.1) is 42.7 Å². The molecule has 2 aromatic carbocycles. The molecule has 3 heterocycles. The quantitative estimate of drug-likeness (QED) is 0.223. The van der Waals surface area contributed by atoms with Gasteiger partial charge in [-0.05, 0) is 68.3 Å². The number of thiazole rings is 1. The first-order valence-corrected chi connectivity index (χ1v) is 15.0. The van der Waals surface area contributed by atoms with Crippen LogP contribution in [0.2, 0.25) is 0 Å². The molecule has 0 N–H and O–H groups in total. The first-order chi connectivity index (χ1) is 19.7. The Balaban J connectivity index is 1.68. The summed E-state index contributed by atoms with van der Waals surface area (Å²) in [6.07, 6.45) is 1.69. The second-order valence-electron chi connectivity index (χ2n) is 9.22. The maximum Gasteiger partial charge on any atom is 0.338 e. The molecule has 0 saturated heterocycles. The minimum atomic E-state index is -0.822. The summed E-state index contributed by atoms with van der Waals surface area (Å²) in [6, 6.07) is 12.4. The molecular formula is C30H26Br2N2O6S. The topological polar surface area (TPSA) is 92.3 Å². The Morgan fingerprint density at radius 3 is 2.49 bits per heavy atom. The molecule has 0 spiro atoms. The number of esters is 1. The Morgan fingerprint density at radius 2 is 1.80 bits per heavy atom. The van der Waals surface area contributed by atoms with Crippen LogP contribution in [-0.4, -0.2) is 31.4 Å². The van der Waals surface area contributed by atoms with E-state index in [9.17, 15) is 9.59 Å². The summed E-state index contributed by atoms with van der Waals surface area (Å²) in [7, 11) is 3.07. The smallest absolute Gasteiger partial charge is 0.338 e. The molecule has 8 nitrogen and oxygen atoms in total. The standard InChI is InChI=1S/C30H26Br2N2O6S/c1-6-39-29(36)26-16(3)33-30-34(27(26)19-13-23(37-4)24(38-5)14-21(19)32)28(35)25(41-30)12-17-8-10-22(40-17)18-9-7-15(2)11-20(18)31/h7-14,27H,6H2,1-5H3/b25-12-/t27-/m0/s1. The second kappa shape index (κ2) is 11.8. The van der Waals surface area contributed by atoms with Crippen LogP contribution in [0.4, 0.5) is 0 Å². The van der Waals surface area contributed by atoms with Gasteiger partial charge in [-0.1, -0.05) is 49.3 Å². The normalized spacial score (nSPS) is 15.0. The Hall–Kier alpha value is -3.41. The molecular weight excluding hydrogens is 676 g/mol. The van der Waals surface area contributed by atoms with Gasteiger partial charge in [0.2, 0.25) is 0 Å². The van der Waals surface area contributed by atoms with E-state index < -0.39 is 12.0 Å². The molecule has 5 rings (SSSR count). The van der Waals surface area contributed by atoms with Crippen molar-refractivity contribution in [2.24, 2.45) is 4.99 Å². The van der Waals surface area contributed by atoms with Crippen LogP contribution in [0.25, 0.3) is 17.4 Å². The Bertz CT molecular complexity index is 1890. The number of carbonyl (C=O) groups excluding carboxylic acids is 1. The number of fused-ring (bicyclic) bond motifs is 1. The molecule has 0 saturated carbocycles. The highest BCUT2D eigenvalue weighted by molar-refractivity contribution is 9.10. The third-order valence-electron chi connectivity index (χ3n) is 6.60. The lowest BCUT2D eigenvalue weighted by Gasteiger charge is -2.26. The zero-order chi connectivity index (χ0) is 29.4. The number of methoxy groups -OCH3 is 2. The Kier molecular flexibility index (Phi) is 8.40. The highest BCUT2D eigenvalue weighted by Gasteiger charge is 2.35. The van der Waals surface area contributed by atoms with E-state index >= 15 is 0 Å². The van der Waals surface area contributed by atoms with E-state index in [-0.39, 0.29) is 17.7 Å². The van der Waals surface area contributed by atoms with Gasteiger partial charge in [0.1, 0.15) is 11.5 Å². The minimum Gasteiger partial charge on any atom is -0.493 e. The van der Waals surface area contributed by atoms with Crippen molar-refractivity contribution >= 4 is 55.2 Å². The van der Waals surface area contributed by atoms with E-state index in [0.29, 0.717) is 48.1 Å². The first kappa shape index (κ1) is 29.1. The average Bonchev–Trinajstić information content (AvgIpc) is 3.51.